The molecule has 0 unspecified atom stereocenters. The monoisotopic (exact) mass is 432 g/mol. The van der Waals surface area contributed by atoms with Gasteiger partial charge in [0.05, 0.1) is 26.8 Å². The van der Waals surface area contributed by atoms with Crippen LogP contribution in [0, 0.1) is 20.8 Å². The number of rotatable bonds is 7. The molecular weight excluding hydrogens is 404 g/mol. The number of pyridine rings is 1. The normalized spacial score (nSPS) is 11.5. The molecule has 0 atom stereocenters. The smallest absolute Gasteiger partial charge is 0.158 e. The molecule has 5 nitrogen and oxygen atoms in total. The molecule has 4 rings (SSSR count). The molecule has 4 aromatic rings. The maximum Gasteiger partial charge on any atom is 0.158 e. The summed E-state index contributed by atoms with van der Waals surface area (Å²) in [5.74, 6) is 0.476. The number of aromatic nitrogens is 4. The van der Waals surface area contributed by atoms with E-state index in [0.717, 1.165) is 63.0 Å². The Hall–Kier alpha value is -2.86. The number of nitrogens with zero attached hydrogens (tertiary/aromatic N) is 4. The molecule has 6 heteroatoms. The molecule has 160 valence electrons. The number of carbonyl (C=O) groups is 1. The van der Waals surface area contributed by atoms with E-state index in [1.54, 1.807) is 11.3 Å². The molecule has 0 bridgehead atoms. The molecule has 0 aromatic carbocycles. The first-order valence-corrected chi connectivity index (χ1v) is 11.7. The van der Waals surface area contributed by atoms with Crippen LogP contribution < -0.4 is 0 Å². The standard InChI is InChI=1S/C25H28N4OS/c1-6-18(7-2)20-14-16(4)28-29-23(17(5)26-25(20)29)24-15(3)13-22(31-24)21-10-8-9-19(27-21)11-12-30/h8-10,12-14,18H,6-7,11H2,1-5H3. The molecule has 0 fully saturated rings. The van der Waals surface area contributed by atoms with Gasteiger partial charge in [-0.2, -0.15) is 5.10 Å². The lowest BCUT2D eigenvalue weighted by molar-refractivity contribution is -0.107. The van der Waals surface area contributed by atoms with Crippen molar-refractivity contribution >= 4 is 23.3 Å². The van der Waals surface area contributed by atoms with E-state index in [0.29, 0.717) is 12.3 Å². The minimum atomic E-state index is 0.333. The van der Waals surface area contributed by atoms with Crippen LogP contribution in [-0.2, 0) is 11.2 Å². The predicted molar refractivity (Wildman–Crippen MR) is 127 cm³/mol. The van der Waals surface area contributed by atoms with Gasteiger partial charge < -0.3 is 4.79 Å². The van der Waals surface area contributed by atoms with Gasteiger partial charge in [-0.25, -0.2) is 9.50 Å². The number of hydrogen-bond acceptors (Lipinski definition) is 5. The Morgan fingerprint density at radius 2 is 1.87 bits per heavy atom. The van der Waals surface area contributed by atoms with Gasteiger partial charge in [0, 0.05) is 17.7 Å². The number of hydrogen-bond donors (Lipinski definition) is 0. The summed E-state index contributed by atoms with van der Waals surface area (Å²) in [6.07, 6.45) is 3.40. The fraction of sp³-hybridized carbons (Fsp3) is 0.360. The van der Waals surface area contributed by atoms with Crippen LogP contribution >= 0.6 is 11.3 Å². The lowest BCUT2D eigenvalue weighted by atomic mass is 9.95. The van der Waals surface area contributed by atoms with Gasteiger partial charge in [-0.3, -0.25) is 4.98 Å². The zero-order valence-electron chi connectivity index (χ0n) is 18.8. The topological polar surface area (TPSA) is 60.2 Å². The van der Waals surface area contributed by atoms with Crippen molar-refractivity contribution in [2.24, 2.45) is 0 Å². The van der Waals surface area contributed by atoms with Gasteiger partial charge in [0.1, 0.15) is 12.0 Å². The Bertz CT molecular complexity index is 1250. The van der Waals surface area contributed by atoms with Crippen molar-refractivity contribution in [3.05, 3.63) is 58.5 Å². The maximum absolute atomic E-state index is 10.9. The SMILES string of the molecule is CCC(CC)c1cc(C)nn2c(-c3sc(-c4cccc(CC=O)n4)cc3C)c(C)nc12. The third-order valence-corrected chi connectivity index (χ3v) is 7.09. The molecule has 0 aliphatic heterocycles. The molecule has 0 aliphatic rings. The van der Waals surface area contributed by atoms with E-state index in [9.17, 15) is 4.79 Å². The molecule has 0 saturated heterocycles. The minimum absolute atomic E-state index is 0.333. The van der Waals surface area contributed by atoms with E-state index >= 15 is 0 Å². The summed E-state index contributed by atoms with van der Waals surface area (Å²) in [6, 6.07) is 10.2. The van der Waals surface area contributed by atoms with Crippen LogP contribution in [0.4, 0.5) is 0 Å². The highest BCUT2D eigenvalue weighted by Crippen LogP contribution is 2.40. The molecule has 0 amide bonds. The Labute approximate surface area is 187 Å². The molecule has 4 aromatic heterocycles. The van der Waals surface area contributed by atoms with E-state index in [-0.39, 0.29) is 0 Å². The Morgan fingerprint density at radius 1 is 1.10 bits per heavy atom. The summed E-state index contributed by atoms with van der Waals surface area (Å²) in [6.45, 7) is 10.7. The molecule has 0 N–H and O–H groups in total. The number of carbonyl (C=O) groups excluding carboxylic acids is 1. The number of aldehydes is 1. The predicted octanol–water partition coefficient (Wildman–Crippen LogP) is 6.09. The lowest BCUT2D eigenvalue weighted by Gasteiger charge is -2.14. The fourth-order valence-electron chi connectivity index (χ4n) is 4.23. The van der Waals surface area contributed by atoms with Gasteiger partial charge in [-0.05, 0) is 69.4 Å². The first kappa shape index (κ1) is 21.4. The van der Waals surface area contributed by atoms with Crippen molar-refractivity contribution < 1.29 is 4.79 Å². The first-order chi connectivity index (χ1) is 15.0. The zero-order chi connectivity index (χ0) is 22.1. The van der Waals surface area contributed by atoms with Crippen molar-refractivity contribution in [3.63, 3.8) is 0 Å². The molecule has 0 spiro atoms. The third-order valence-electron chi connectivity index (χ3n) is 5.82. The highest BCUT2D eigenvalue weighted by atomic mass is 32.1. The Morgan fingerprint density at radius 3 is 2.58 bits per heavy atom. The van der Waals surface area contributed by atoms with Crippen molar-refractivity contribution in [2.75, 3.05) is 0 Å². The largest absolute Gasteiger partial charge is 0.303 e. The average Bonchev–Trinajstić information content (AvgIpc) is 3.28. The van der Waals surface area contributed by atoms with Gasteiger partial charge in [0.15, 0.2) is 5.65 Å². The fourth-order valence-corrected chi connectivity index (χ4v) is 5.45. The van der Waals surface area contributed by atoms with Crippen molar-refractivity contribution in [2.45, 2.75) is 59.8 Å². The van der Waals surface area contributed by atoms with Crippen LogP contribution in [-0.4, -0.2) is 25.9 Å². The number of fused-ring (bicyclic) bond motifs is 1. The molecule has 31 heavy (non-hydrogen) atoms. The van der Waals surface area contributed by atoms with E-state index in [2.05, 4.69) is 51.7 Å². The zero-order valence-corrected chi connectivity index (χ0v) is 19.6. The second-order valence-corrected chi connectivity index (χ2v) is 9.10. The van der Waals surface area contributed by atoms with Crippen LogP contribution in [0.2, 0.25) is 0 Å². The highest BCUT2D eigenvalue weighted by molar-refractivity contribution is 7.19. The van der Waals surface area contributed by atoms with Crippen molar-refractivity contribution in [3.8, 4) is 21.1 Å². The summed E-state index contributed by atoms with van der Waals surface area (Å²) >= 11 is 1.71. The van der Waals surface area contributed by atoms with Gasteiger partial charge in [0.25, 0.3) is 0 Å². The third kappa shape index (κ3) is 3.92. The summed E-state index contributed by atoms with van der Waals surface area (Å²) in [5.41, 5.74) is 8.17. The number of imidazole rings is 1. The van der Waals surface area contributed by atoms with Crippen LogP contribution in [0.3, 0.4) is 0 Å². The molecule has 4 heterocycles. The molecule has 0 radical (unpaired) electrons. The van der Waals surface area contributed by atoms with E-state index in [1.807, 2.05) is 22.7 Å². The van der Waals surface area contributed by atoms with Crippen LogP contribution in [0.15, 0.2) is 30.3 Å². The van der Waals surface area contributed by atoms with Gasteiger partial charge in [-0.1, -0.05) is 19.9 Å². The van der Waals surface area contributed by atoms with E-state index < -0.39 is 0 Å². The quantitative estimate of drug-likeness (QED) is 0.332. The molecule has 0 saturated carbocycles. The lowest BCUT2D eigenvalue weighted by Crippen LogP contribution is -2.05. The maximum atomic E-state index is 10.9. The second kappa shape index (κ2) is 8.71. The average molecular weight is 433 g/mol. The van der Waals surface area contributed by atoms with Gasteiger partial charge >= 0.3 is 0 Å². The first-order valence-electron chi connectivity index (χ1n) is 10.8. The van der Waals surface area contributed by atoms with E-state index in [4.69, 9.17) is 10.1 Å². The molecular formula is C25H28N4OS. The minimum Gasteiger partial charge on any atom is -0.303 e. The summed E-state index contributed by atoms with van der Waals surface area (Å²) in [7, 11) is 0. The number of thiophene rings is 1. The van der Waals surface area contributed by atoms with Gasteiger partial charge in [0.2, 0.25) is 0 Å². The molecule has 0 aliphatic carbocycles. The Kier molecular flexibility index (Phi) is 6.01. The van der Waals surface area contributed by atoms with Crippen LogP contribution in [0.25, 0.3) is 26.8 Å². The summed E-state index contributed by atoms with van der Waals surface area (Å²) in [4.78, 5) is 22.8. The summed E-state index contributed by atoms with van der Waals surface area (Å²) in [5, 5.41) is 4.85. The summed E-state index contributed by atoms with van der Waals surface area (Å²) < 4.78 is 2.04. The Balaban J connectivity index is 1.88. The number of aryl methyl sites for hydroxylation is 3. The van der Waals surface area contributed by atoms with Crippen molar-refractivity contribution in [1.29, 1.82) is 0 Å². The second-order valence-electron chi connectivity index (χ2n) is 8.04. The van der Waals surface area contributed by atoms with Crippen molar-refractivity contribution in [1.82, 2.24) is 19.6 Å². The van der Waals surface area contributed by atoms with Crippen LogP contribution in [0.5, 0.6) is 0 Å². The van der Waals surface area contributed by atoms with Crippen LogP contribution in [0.1, 0.15) is 60.8 Å². The highest BCUT2D eigenvalue weighted by Gasteiger charge is 2.22. The van der Waals surface area contributed by atoms with E-state index in [1.165, 1.54) is 11.1 Å². The van der Waals surface area contributed by atoms with Gasteiger partial charge in [-0.15, -0.1) is 11.3 Å².